The molecule has 0 bridgehead atoms. The van der Waals surface area contributed by atoms with Crippen molar-refractivity contribution in [1.82, 2.24) is 19.5 Å². The number of ether oxygens (including phenoxy) is 2. The monoisotopic (exact) mass is 439 g/mol. The van der Waals surface area contributed by atoms with Crippen molar-refractivity contribution in [1.29, 1.82) is 0 Å². The summed E-state index contributed by atoms with van der Waals surface area (Å²) < 4.78 is 18.0. The van der Waals surface area contributed by atoms with Crippen molar-refractivity contribution < 1.29 is 18.7 Å². The number of methoxy groups -OCH3 is 1. The standard InChI is InChI=1S/C21H21N5O4S/c1-4-29-20(27)16-12(2)30-19-17(16)18(22)24-15(25-19)11-31-21-23-8-9-26(21)13-6-5-7-14(10-13)28-3/h5-10H,4,11H2,1-3H3,(H2,22,24,25). The Morgan fingerprint density at radius 3 is 2.94 bits per heavy atom. The summed E-state index contributed by atoms with van der Waals surface area (Å²) in [6.07, 6.45) is 3.60. The number of furan rings is 1. The lowest BCUT2D eigenvalue weighted by Gasteiger charge is -2.09. The molecule has 0 spiro atoms. The molecule has 0 amide bonds. The molecule has 31 heavy (non-hydrogen) atoms. The van der Waals surface area contributed by atoms with Crippen molar-refractivity contribution >= 4 is 34.6 Å². The minimum absolute atomic E-state index is 0.177. The van der Waals surface area contributed by atoms with E-state index in [1.807, 2.05) is 35.0 Å². The lowest BCUT2D eigenvalue weighted by Crippen LogP contribution is -2.07. The molecule has 3 aromatic heterocycles. The van der Waals surface area contributed by atoms with Gasteiger partial charge in [0.05, 0.1) is 30.5 Å². The Bertz CT molecular complexity index is 1250. The summed E-state index contributed by atoms with van der Waals surface area (Å²) in [4.78, 5) is 25.5. The van der Waals surface area contributed by atoms with Crippen molar-refractivity contribution in [3.63, 3.8) is 0 Å². The highest BCUT2D eigenvalue weighted by molar-refractivity contribution is 7.98. The van der Waals surface area contributed by atoms with Gasteiger partial charge in [-0.3, -0.25) is 4.57 Å². The van der Waals surface area contributed by atoms with E-state index in [-0.39, 0.29) is 23.7 Å². The first kappa shape index (κ1) is 20.7. The largest absolute Gasteiger partial charge is 0.497 e. The summed E-state index contributed by atoms with van der Waals surface area (Å²) in [6, 6.07) is 7.70. The SMILES string of the molecule is CCOC(=O)c1c(C)oc2nc(CSc3nccn3-c3cccc(OC)c3)nc(N)c12. The third kappa shape index (κ3) is 4.06. The van der Waals surface area contributed by atoms with Gasteiger partial charge in [-0.1, -0.05) is 17.8 Å². The molecule has 2 N–H and O–H groups in total. The first-order valence-corrected chi connectivity index (χ1v) is 10.5. The van der Waals surface area contributed by atoms with E-state index in [0.717, 1.165) is 16.6 Å². The fraction of sp³-hybridized carbons (Fsp3) is 0.238. The lowest BCUT2D eigenvalue weighted by atomic mass is 10.2. The van der Waals surface area contributed by atoms with Crippen LogP contribution in [0.5, 0.6) is 5.75 Å². The van der Waals surface area contributed by atoms with Gasteiger partial charge in [-0.2, -0.15) is 4.98 Å². The second kappa shape index (κ2) is 8.68. The molecule has 3 heterocycles. The number of fused-ring (bicyclic) bond motifs is 1. The van der Waals surface area contributed by atoms with Crippen LogP contribution in [-0.2, 0) is 10.5 Å². The second-order valence-corrected chi connectivity index (χ2v) is 7.47. The summed E-state index contributed by atoms with van der Waals surface area (Å²) >= 11 is 1.45. The number of carbonyl (C=O) groups is 1. The molecule has 1 aromatic carbocycles. The van der Waals surface area contributed by atoms with Crippen molar-refractivity contribution in [2.24, 2.45) is 0 Å². The van der Waals surface area contributed by atoms with Crippen LogP contribution in [0.15, 0.2) is 46.2 Å². The topological polar surface area (TPSA) is 118 Å². The molecular formula is C21H21N5O4S. The van der Waals surface area contributed by atoms with Crippen LogP contribution in [0, 0.1) is 6.92 Å². The van der Waals surface area contributed by atoms with Crippen LogP contribution in [0.1, 0.15) is 28.9 Å². The fourth-order valence-corrected chi connectivity index (χ4v) is 4.01. The zero-order chi connectivity index (χ0) is 22.0. The van der Waals surface area contributed by atoms with Gasteiger partial charge in [0.15, 0.2) is 5.16 Å². The summed E-state index contributed by atoms with van der Waals surface area (Å²) in [5.41, 5.74) is 7.60. The number of aromatic nitrogens is 4. The minimum atomic E-state index is -0.503. The van der Waals surface area contributed by atoms with Gasteiger partial charge in [0.2, 0.25) is 5.71 Å². The van der Waals surface area contributed by atoms with Crippen molar-refractivity contribution in [2.75, 3.05) is 19.5 Å². The lowest BCUT2D eigenvalue weighted by molar-refractivity contribution is 0.0526. The number of carbonyl (C=O) groups excluding carboxylic acids is 1. The van der Waals surface area contributed by atoms with Crippen molar-refractivity contribution in [2.45, 2.75) is 24.8 Å². The number of thioether (sulfide) groups is 1. The van der Waals surface area contributed by atoms with Crippen molar-refractivity contribution in [3.8, 4) is 11.4 Å². The molecule has 0 unspecified atom stereocenters. The van der Waals surface area contributed by atoms with Gasteiger partial charge < -0.3 is 19.6 Å². The van der Waals surface area contributed by atoms with Gasteiger partial charge in [0.25, 0.3) is 0 Å². The second-order valence-electron chi connectivity index (χ2n) is 6.53. The molecule has 10 heteroatoms. The molecule has 0 aliphatic carbocycles. The maximum absolute atomic E-state index is 12.3. The number of nitrogen functional groups attached to an aromatic ring is 1. The predicted octanol–water partition coefficient (Wildman–Crippen LogP) is 3.78. The number of hydrogen-bond acceptors (Lipinski definition) is 9. The van der Waals surface area contributed by atoms with Crippen molar-refractivity contribution in [3.05, 3.63) is 53.8 Å². The smallest absolute Gasteiger partial charge is 0.342 e. The molecule has 0 aliphatic heterocycles. The number of anilines is 1. The van der Waals surface area contributed by atoms with Gasteiger partial charge in [-0.05, 0) is 26.0 Å². The average molecular weight is 439 g/mol. The zero-order valence-electron chi connectivity index (χ0n) is 17.3. The number of nitrogens with zero attached hydrogens (tertiary/aromatic N) is 4. The molecule has 0 saturated heterocycles. The molecule has 9 nitrogen and oxygen atoms in total. The van der Waals surface area contributed by atoms with Crippen LogP contribution in [0.3, 0.4) is 0 Å². The van der Waals surface area contributed by atoms with Crippen LogP contribution >= 0.6 is 11.8 Å². The number of nitrogens with two attached hydrogens (primary N) is 1. The number of imidazole rings is 1. The maximum Gasteiger partial charge on any atom is 0.342 e. The Morgan fingerprint density at radius 1 is 1.32 bits per heavy atom. The van der Waals surface area contributed by atoms with Crippen LogP contribution in [0.2, 0.25) is 0 Å². The van der Waals surface area contributed by atoms with Crippen LogP contribution in [-0.4, -0.2) is 39.2 Å². The normalized spacial score (nSPS) is 11.1. The van der Waals surface area contributed by atoms with Gasteiger partial charge in [-0.15, -0.1) is 0 Å². The van der Waals surface area contributed by atoms with Crippen LogP contribution < -0.4 is 10.5 Å². The number of benzene rings is 1. The van der Waals surface area contributed by atoms with Gasteiger partial charge in [0.1, 0.15) is 28.7 Å². The van der Waals surface area contributed by atoms with E-state index in [1.54, 1.807) is 27.2 Å². The predicted molar refractivity (Wildman–Crippen MR) is 117 cm³/mol. The van der Waals surface area contributed by atoms with Crippen LogP contribution in [0.25, 0.3) is 16.8 Å². The van der Waals surface area contributed by atoms with E-state index in [4.69, 9.17) is 19.6 Å². The first-order valence-electron chi connectivity index (χ1n) is 9.55. The van der Waals surface area contributed by atoms with E-state index in [1.165, 1.54) is 11.8 Å². The number of rotatable bonds is 7. The molecule has 4 aromatic rings. The highest BCUT2D eigenvalue weighted by Crippen LogP contribution is 2.31. The summed E-state index contributed by atoms with van der Waals surface area (Å²) in [5, 5.41) is 1.14. The minimum Gasteiger partial charge on any atom is -0.497 e. The first-order chi connectivity index (χ1) is 15.0. The third-order valence-corrected chi connectivity index (χ3v) is 5.51. The Labute approximate surface area is 182 Å². The van der Waals surface area contributed by atoms with E-state index in [2.05, 4.69) is 15.0 Å². The fourth-order valence-electron chi connectivity index (χ4n) is 3.18. The highest BCUT2D eigenvalue weighted by atomic mass is 32.2. The average Bonchev–Trinajstić information content (AvgIpc) is 3.36. The third-order valence-electron chi connectivity index (χ3n) is 4.55. The van der Waals surface area contributed by atoms with Crippen LogP contribution in [0.4, 0.5) is 5.82 Å². The molecule has 0 radical (unpaired) electrons. The van der Waals surface area contributed by atoms with Gasteiger partial charge in [0, 0.05) is 18.5 Å². The number of esters is 1. The van der Waals surface area contributed by atoms with E-state index in [0.29, 0.717) is 22.7 Å². The summed E-state index contributed by atoms with van der Waals surface area (Å²) in [5.74, 6) is 1.71. The number of hydrogen-bond donors (Lipinski definition) is 1. The van der Waals surface area contributed by atoms with E-state index < -0.39 is 5.97 Å². The Kier molecular flexibility index (Phi) is 5.81. The molecule has 0 saturated carbocycles. The molecular weight excluding hydrogens is 418 g/mol. The maximum atomic E-state index is 12.3. The highest BCUT2D eigenvalue weighted by Gasteiger charge is 2.24. The molecule has 0 aliphatic rings. The van der Waals surface area contributed by atoms with E-state index >= 15 is 0 Å². The van der Waals surface area contributed by atoms with Gasteiger partial charge >= 0.3 is 5.97 Å². The van der Waals surface area contributed by atoms with Gasteiger partial charge in [-0.25, -0.2) is 14.8 Å². The Morgan fingerprint density at radius 2 is 2.16 bits per heavy atom. The quantitative estimate of drug-likeness (QED) is 0.339. The Balaban J connectivity index is 1.60. The zero-order valence-corrected chi connectivity index (χ0v) is 18.1. The summed E-state index contributed by atoms with van der Waals surface area (Å²) in [7, 11) is 1.63. The number of aryl methyl sites for hydroxylation is 1. The molecule has 160 valence electrons. The molecule has 0 atom stereocenters. The summed E-state index contributed by atoms with van der Waals surface area (Å²) in [6.45, 7) is 3.66. The molecule has 4 rings (SSSR count). The molecule has 0 fully saturated rings. The van der Waals surface area contributed by atoms with E-state index in [9.17, 15) is 4.79 Å². The Hall–Kier alpha value is -3.53.